The lowest BCUT2D eigenvalue weighted by Gasteiger charge is -2.24. The molecule has 90 valence electrons. The monoisotopic (exact) mass is 239 g/mol. The largest absolute Gasteiger partial charge is 0.464 e. The van der Waals surface area contributed by atoms with Crippen LogP contribution in [0.1, 0.15) is 11.7 Å². The van der Waals surface area contributed by atoms with Crippen molar-refractivity contribution >= 4 is 11.0 Å². The molecule has 2 aromatic heterocycles. The number of rotatable bonds is 2. The van der Waals surface area contributed by atoms with Gasteiger partial charge in [-0.15, -0.1) is 0 Å². The summed E-state index contributed by atoms with van der Waals surface area (Å²) in [6, 6.07) is 8.05. The Hall–Kier alpha value is -2.07. The van der Waals surface area contributed by atoms with Crippen molar-refractivity contribution in [3.8, 4) is 11.3 Å². The van der Waals surface area contributed by atoms with Gasteiger partial charge in [0.25, 0.3) is 0 Å². The Labute approximate surface area is 104 Å². The summed E-state index contributed by atoms with van der Waals surface area (Å²) in [6.45, 7) is 2.03. The number of fused-ring (bicyclic) bond motifs is 1. The van der Waals surface area contributed by atoms with Gasteiger partial charge in [-0.1, -0.05) is 18.2 Å². The Morgan fingerprint density at radius 1 is 1.22 bits per heavy atom. The number of hydrogen-bond donors (Lipinski definition) is 2. The highest BCUT2D eigenvalue weighted by Crippen LogP contribution is 2.30. The van der Waals surface area contributed by atoms with E-state index in [1.807, 2.05) is 24.4 Å². The average molecular weight is 239 g/mol. The van der Waals surface area contributed by atoms with E-state index in [9.17, 15) is 0 Å². The minimum atomic E-state index is 0.525. The van der Waals surface area contributed by atoms with Crippen LogP contribution in [0.3, 0.4) is 0 Å². The van der Waals surface area contributed by atoms with Crippen LogP contribution in [0.5, 0.6) is 0 Å². The Kier molecular flexibility index (Phi) is 2.04. The smallest absolute Gasteiger partial charge is 0.134 e. The molecular formula is C14H13N3O. The summed E-state index contributed by atoms with van der Waals surface area (Å²) in [5, 5.41) is 4.38. The molecule has 1 saturated heterocycles. The molecule has 3 heterocycles. The highest BCUT2D eigenvalue weighted by Gasteiger charge is 2.22. The summed E-state index contributed by atoms with van der Waals surface area (Å²) in [7, 11) is 0. The third kappa shape index (κ3) is 1.39. The van der Waals surface area contributed by atoms with E-state index in [1.54, 1.807) is 6.26 Å². The Balaban J connectivity index is 1.79. The second-order valence-corrected chi connectivity index (χ2v) is 4.68. The van der Waals surface area contributed by atoms with Crippen molar-refractivity contribution in [1.82, 2.24) is 15.3 Å². The molecule has 1 aliphatic heterocycles. The van der Waals surface area contributed by atoms with E-state index in [-0.39, 0.29) is 0 Å². The van der Waals surface area contributed by atoms with E-state index in [0.29, 0.717) is 5.92 Å². The lowest BCUT2D eigenvalue weighted by atomic mass is 10.0. The molecule has 1 aliphatic rings. The first kappa shape index (κ1) is 9.91. The van der Waals surface area contributed by atoms with Gasteiger partial charge in [-0.05, 0) is 6.07 Å². The number of aromatic nitrogens is 2. The van der Waals surface area contributed by atoms with Crippen molar-refractivity contribution in [2.75, 3.05) is 13.1 Å². The molecule has 4 rings (SSSR count). The van der Waals surface area contributed by atoms with Gasteiger partial charge in [0.05, 0.1) is 11.9 Å². The zero-order valence-electron chi connectivity index (χ0n) is 9.81. The van der Waals surface area contributed by atoms with Crippen LogP contribution in [0.4, 0.5) is 0 Å². The van der Waals surface area contributed by atoms with Crippen molar-refractivity contribution in [3.05, 3.63) is 42.5 Å². The normalized spacial score (nSPS) is 16.0. The summed E-state index contributed by atoms with van der Waals surface area (Å²) in [5.41, 5.74) is 3.02. The number of aromatic amines is 1. The van der Waals surface area contributed by atoms with Gasteiger partial charge in [0.1, 0.15) is 17.7 Å². The van der Waals surface area contributed by atoms with E-state index in [4.69, 9.17) is 4.42 Å². The topological polar surface area (TPSA) is 53.9 Å². The van der Waals surface area contributed by atoms with Gasteiger partial charge in [-0.3, -0.25) is 0 Å². The van der Waals surface area contributed by atoms with Crippen LogP contribution in [-0.2, 0) is 0 Å². The number of nitrogens with one attached hydrogen (secondary N) is 2. The number of benzene rings is 1. The zero-order valence-corrected chi connectivity index (χ0v) is 9.81. The fraction of sp³-hybridized carbons (Fsp3) is 0.214. The second kappa shape index (κ2) is 3.71. The molecule has 0 atom stereocenters. The van der Waals surface area contributed by atoms with E-state index in [1.165, 1.54) is 0 Å². The quantitative estimate of drug-likeness (QED) is 0.722. The lowest BCUT2D eigenvalue weighted by molar-refractivity contribution is 0.433. The number of para-hydroxylation sites is 1. The minimum Gasteiger partial charge on any atom is -0.464 e. The summed E-state index contributed by atoms with van der Waals surface area (Å²) < 4.78 is 5.55. The Bertz CT molecular complexity index is 694. The van der Waals surface area contributed by atoms with E-state index in [2.05, 4.69) is 21.4 Å². The highest BCUT2D eigenvalue weighted by molar-refractivity contribution is 5.92. The number of H-pyrrole nitrogens is 1. The minimum absolute atomic E-state index is 0.525. The predicted molar refractivity (Wildman–Crippen MR) is 69.4 cm³/mol. The maximum absolute atomic E-state index is 5.55. The first-order valence-corrected chi connectivity index (χ1v) is 6.14. The summed E-state index contributed by atoms with van der Waals surface area (Å²) in [4.78, 5) is 7.86. The molecule has 2 N–H and O–H groups in total. The SMILES string of the molecule is c1ccc2c(-c3cnc(C4CNC4)[nH]3)coc2c1. The van der Waals surface area contributed by atoms with Gasteiger partial charge in [0, 0.05) is 30.0 Å². The molecule has 3 aromatic rings. The standard InChI is InChI=1S/C14H13N3O/c1-2-4-13-10(3-1)11(8-18-13)12-7-16-14(17-12)9-5-15-6-9/h1-4,7-9,15H,5-6H2,(H,16,17). The molecule has 0 saturated carbocycles. The van der Waals surface area contributed by atoms with Gasteiger partial charge in [0.2, 0.25) is 0 Å². The molecule has 4 heteroatoms. The first-order valence-electron chi connectivity index (χ1n) is 6.14. The summed E-state index contributed by atoms with van der Waals surface area (Å²) in [5.74, 6) is 1.59. The third-order valence-electron chi connectivity index (χ3n) is 3.53. The Morgan fingerprint density at radius 2 is 2.11 bits per heavy atom. The zero-order chi connectivity index (χ0) is 11.9. The maximum atomic E-state index is 5.55. The first-order chi connectivity index (χ1) is 8.92. The summed E-state index contributed by atoms with van der Waals surface area (Å²) in [6.07, 6.45) is 3.69. The fourth-order valence-electron chi connectivity index (χ4n) is 2.35. The summed E-state index contributed by atoms with van der Waals surface area (Å²) >= 11 is 0. The van der Waals surface area contributed by atoms with Crippen LogP contribution in [0.25, 0.3) is 22.2 Å². The van der Waals surface area contributed by atoms with Crippen LogP contribution in [0.2, 0.25) is 0 Å². The van der Waals surface area contributed by atoms with Crippen LogP contribution in [0.15, 0.2) is 41.1 Å². The Morgan fingerprint density at radius 3 is 2.94 bits per heavy atom. The average Bonchev–Trinajstić information content (AvgIpc) is 2.92. The van der Waals surface area contributed by atoms with Crippen molar-refractivity contribution in [2.45, 2.75) is 5.92 Å². The van der Waals surface area contributed by atoms with Crippen LogP contribution in [-0.4, -0.2) is 23.1 Å². The molecule has 0 bridgehead atoms. The van der Waals surface area contributed by atoms with Crippen LogP contribution >= 0.6 is 0 Å². The van der Waals surface area contributed by atoms with Crippen molar-refractivity contribution < 1.29 is 4.42 Å². The van der Waals surface area contributed by atoms with Crippen LogP contribution in [0, 0.1) is 0 Å². The number of hydrogen-bond acceptors (Lipinski definition) is 3. The molecule has 0 spiro atoms. The van der Waals surface area contributed by atoms with Gasteiger partial charge in [0.15, 0.2) is 0 Å². The number of furan rings is 1. The van der Waals surface area contributed by atoms with E-state index < -0.39 is 0 Å². The lowest BCUT2D eigenvalue weighted by Crippen LogP contribution is -2.40. The molecule has 0 unspecified atom stereocenters. The second-order valence-electron chi connectivity index (χ2n) is 4.68. The molecule has 0 aliphatic carbocycles. The molecule has 1 aromatic carbocycles. The highest BCUT2D eigenvalue weighted by atomic mass is 16.3. The van der Waals surface area contributed by atoms with Gasteiger partial charge >= 0.3 is 0 Å². The fourth-order valence-corrected chi connectivity index (χ4v) is 2.35. The van der Waals surface area contributed by atoms with Crippen molar-refractivity contribution in [1.29, 1.82) is 0 Å². The third-order valence-corrected chi connectivity index (χ3v) is 3.53. The predicted octanol–water partition coefficient (Wildman–Crippen LogP) is 2.51. The van der Waals surface area contributed by atoms with Gasteiger partial charge in [-0.25, -0.2) is 4.98 Å². The number of imidazole rings is 1. The molecular weight excluding hydrogens is 226 g/mol. The van der Waals surface area contributed by atoms with Crippen molar-refractivity contribution in [2.24, 2.45) is 0 Å². The van der Waals surface area contributed by atoms with E-state index >= 15 is 0 Å². The van der Waals surface area contributed by atoms with Gasteiger partial charge in [-0.2, -0.15) is 0 Å². The molecule has 1 fully saturated rings. The maximum Gasteiger partial charge on any atom is 0.134 e. The molecule has 18 heavy (non-hydrogen) atoms. The molecule has 4 nitrogen and oxygen atoms in total. The van der Waals surface area contributed by atoms with Crippen molar-refractivity contribution in [3.63, 3.8) is 0 Å². The van der Waals surface area contributed by atoms with Gasteiger partial charge < -0.3 is 14.7 Å². The van der Waals surface area contributed by atoms with E-state index in [0.717, 1.165) is 41.1 Å². The molecule has 0 radical (unpaired) electrons. The number of nitrogens with zero attached hydrogens (tertiary/aromatic N) is 1. The molecule has 0 amide bonds. The van der Waals surface area contributed by atoms with Crippen LogP contribution < -0.4 is 5.32 Å².